The molecule has 2 aromatic rings. The average molecular weight is 302 g/mol. The lowest BCUT2D eigenvalue weighted by Gasteiger charge is -2.46. The SMILES string of the molecule is Cc1cnccc1-c1ccc(C(=O)N2CC(C)(CO)C2)s1. The molecule has 0 atom stereocenters. The van der Waals surface area contributed by atoms with Gasteiger partial charge in [0.2, 0.25) is 0 Å². The van der Waals surface area contributed by atoms with Gasteiger partial charge < -0.3 is 10.0 Å². The van der Waals surface area contributed by atoms with Gasteiger partial charge in [0, 0.05) is 35.8 Å². The van der Waals surface area contributed by atoms with Crippen molar-refractivity contribution in [1.82, 2.24) is 9.88 Å². The number of carbonyl (C=O) groups is 1. The second-order valence-electron chi connectivity index (χ2n) is 5.98. The van der Waals surface area contributed by atoms with Gasteiger partial charge >= 0.3 is 0 Å². The molecule has 1 aliphatic heterocycles. The van der Waals surface area contributed by atoms with Crippen LogP contribution in [0.1, 0.15) is 22.2 Å². The molecular weight excluding hydrogens is 284 g/mol. The van der Waals surface area contributed by atoms with Crippen LogP contribution in [-0.2, 0) is 0 Å². The second kappa shape index (κ2) is 5.24. The standard InChI is InChI=1S/C16H18N2O2S/c1-11-7-17-6-5-12(11)13-3-4-14(21-13)15(20)18-8-16(2,9-18)10-19/h3-7,19H,8-10H2,1-2H3. The normalized spacial score (nSPS) is 16.6. The van der Waals surface area contributed by atoms with Gasteiger partial charge in [0.15, 0.2) is 0 Å². The first kappa shape index (κ1) is 14.2. The summed E-state index contributed by atoms with van der Waals surface area (Å²) in [4.78, 5) is 20.1. The van der Waals surface area contributed by atoms with Gasteiger partial charge in [-0.15, -0.1) is 11.3 Å². The third-order valence-corrected chi connectivity index (χ3v) is 5.02. The molecule has 1 aliphatic rings. The molecule has 1 fully saturated rings. The number of aromatic nitrogens is 1. The Morgan fingerprint density at radius 1 is 1.43 bits per heavy atom. The van der Waals surface area contributed by atoms with Gasteiger partial charge in [-0.3, -0.25) is 9.78 Å². The van der Waals surface area contributed by atoms with Crippen LogP contribution in [0, 0.1) is 12.3 Å². The Hall–Kier alpha value is -1.72. The van der Waals surface area contributed by atoms with E-state index >= 15 is 0 Å². The highest BCUT2D eigenvalue weighted by molar-refractivity contribution is 7.17. The van der Waals surface area contributed by atoms with E-state index in [4.69, 9.17) is 0 Å². The van der Waals surface area contributed by atoms with Crippen LogP contribution >= 0.6 is 11.3 Å². The van der Waals surface area contributed by atoms with E-state index in [1.807, 2.05) is 38.2 Å². The van der Waals surface area contributed by atoms with Gasteiger partial charge in [-0.25, -0.2) is 0 Å². The van der Waals surface area contributed by atoms with Crippen molar-refractivity contribution in [3.8, 4) is 10.4 Å². The number of hydrogen-bond acceptors (Lipinski definition) is 4. The average Bonchev–Trinajstić information content (AvgIpc) is 2.93. The van der Waals surface area contributed by atoms with Crippen LogP contribution < -0.4 is 0 Å². The molecule has 110 valence electrons. The van der Waals surface area contributed by atoms with Crippen molar-refractivity contribution >= 4 is 17.2 Å². The van der Waals surface area contributed by atoms with E-state index in [1.54, 1.807) is 11.1 Å². The number of aliphatic hydroxyl groups excluding tert-OH is 1. The lowest BCUT2D eigenvalue weighted by atomic mass is 9.83. The largest absolute Gasteiger partial charge is 0.396 e. The molecule has 5 heteroatoms. The summed E-state index contributed by atoms with van der Waals surface area (Å²) in [5.41, 5.74) is 2.10. The molecule has 0 aromatic carbocycles. The Morgan fingerprint density at radius 2 is 2.19 bits per heavy atom. The molecule has 2 aromatic heterocycles. The van der Waals surface area contributed by atoms with Crippen LogP contribution in [0.2, 0.25) is 0 Å². The van der Waals surface area contributed by atoms with Gasteiger partial charge in [-0.2, -0.15) is 0 Å². The molecule has 0 bridgehead atoms. The Labute approximate surface area is 128 Å². The number of thiophene rings is 1. The molecular formula is C16H18N2O2S. The van der Waals surface area contributed by atoms with Crippen LogP contribution in [-0.4, -0.2) is 40.6 Å². The first-order chi connectivity index (χ1) is 10.0. The van der Waals surface area contributed by atoms with Crippen molar-refractivity contribution in [2.45, 2.75) is 13.8 Å². The molecule has 0 saturated carbocycles. The zero-order valence-corrected chi connectivity index (χ0v) is 13.0. The monoisotopic (exact) mass is 302 g/mol. The van der Waals surface area contributed by atoms with Gasteiger partial charge in [0.1, 0.15) is 0 Å². The maximum absolute atomic E-state index is 12.4. The summed E-state index contributed by atoms with van der Waals surface area (Å²) in [6.45, 7) is 5.40. The van der Waals surface area contributed by atoms with Crippen molar-refractivity contribution in [3.63, 3.8) is 0 Å². The molecule has 3 rings (SSSR count). The molecule has 4 nitrogen and oxygen atoms in total. The minimum absolute atomic E-state index is 0.0592. The van der Waals surface area contributed by atoms with E-state index in [0.717, 1.165) is 20.9 Å². The highest BCUT2D eigenvalue weighted by atomic mass is 32.1. The number of likely N-dealkylation sites (tertiary alicyclic amines) is 1. The van der Waals surface area contributed by atoms with Gasteiger partial charge in [-0.1, -0.05) is 6.92 Å². The molecule has 3 heterocycles. The number of rotatable bonds is 3. The summed E-state index contributed by atoms with van der Waals surface area (Å²) < 4.78 is 0. The third-order valence-electron chi connectivity index (χ3n) is 3.92. The fraction of sp³-hybridized carbons (Fsp3) is 0.375. The fourth-order valence-electron chi connectivity index (χ4n) is 2.62. The van der Waals surface area contributed by atoms with Crippen molar-refractivity contribution in [1.29, 1.82) is 0 Å². The number of carbonyl (C=O) groups excluding carboxylic acids is 1. The lowest BCUT2D eigenvalue weighted by molar-refractivity contribution is -0.0150. The Kier molecular flexibility index (Phi) is 3.55. The number of amides is 1. The summed E-state index contributed by atoms with van der Waals surface area (Å²) in [7, 11) is 0. The van der Waals surface area contributed by atoms with Crippen molar-refractivity contribution in [2.24, 2.45) is 5.41 Å². The molecule has 0 radical (unpaired) electrons. The van der Waals surface area contributed by atoms with E-state index < -0.39 is 0 Å². The number of nitrogens with zero attached hydrogens (tertiary/aromatic N) is 2. The third kappa shape index (κ3) is 2.59. The minimum Gasteiger partial charge on any atom is -0.396 e. The molecule has 21 heavy (non-hydrogen) atoms. The van der Waals surface area contributed by atoms with E-state index in [9.17, 15) is 9.90 Å². The quantitative estimate of drug-likeness (QED) is 0.948. The van der Waals surface area contributed by atoms with E-state index in [1.165, 1.54) is 11.3 Å². The molecule has 0 unspecified atom stereocenters. The van der Waals surface area contributed by atoms with Crippen molar-refractivity contribution < 1.29 is 9.90 Å². The van der Waals surface area contributed by atoms with Gasteiger partial charge in [0.25, 0.3) is 5.91 Å². The van der Waals surface area contributed by atoms with E-state index in [-0.39, 0.29) is 17.9 Å². The maximum Gasteiger partial charge on any atom is 0.263 e. The first-order valence-corrected chi connectivity index (χ1v) is 7.75. The Morgan fingerprint density at radius 3 is 2.86 bits per heavy atom. The van der Waals surface area contributed by atoms with Crippen molar-refractivity contribution in [2.75, 3.05) is 19.7 Å². The number of pyridine rings is 1. The van der Waals surface area contributed by atoms with E-state index in [0.29, 0.717) is 13.1 Å². The predicted molar refractivity (Wildman–Crippen MR) is 83.4 cm³/mol. The summed E-state index contributed by atoms with van der Waals surface area (Å²) >= 11 is 1.51. The summed E-state index contributed by atoms with van der Waals surface area (Å²) in [6.07, 6.45) is 3.60. The van der Waals surface area contributed by atoms with Gasteiger partial charge in [0.05, 0.1) is 11.5 Å². The highest BCUT2D eigenvalue weighted by Crippen LogP contribution is 2.34. The molecule has 0 spiro atoms. The molecule has 0 aliphatic carbocycles. The maximum atomic E-state index is 12.4. The van der Waals surface area contributed by atoms with Crippen LogP contribution in [0.5, 0.6) is 0 Å². The summed E-state index contributed by atoms with van der Waals surface area (Å²) in [5.74, 6) is 0.0592. The highest BCUT2D eigenvalue weighted by Gasteiger charge is 2.41. The van der Waals surface area contributed by atoms with Crippen molar-refractivity contribution in [3.05, 3.63) is 41.0 Å². The molecule has 1 saturated heterocycles. The number of aryl methyl sites for hydroxylation is 1. The van der Waals surface area contributed by atoms with Crippen LogP contribution in [0.3, 0.4) is 0 Å². The Bertz CT molecular complexity index is 674. The zero-order chi connectivity index (χ0) is 15.0. The number of aliphatic hydroxyl groups is 1. The topological polar surface area (TPSA) is 53.4 Å². The van der Waals surface area contributed by atoms with E-state index in [2.05, 4.69) is 4.98 Å². The molecule has 1 amide bonds. The number of hydrogen-bond donors (Lipinski definition) is 1. The first-order valence-electron chi connectivity index (χ1n) is 6.93. The smallest absolute Gasteiger partial charge is 0.263 e. The van der Waals surface area contributed by atoms with Gasteiger partial charge in [-0.05, 0) is 36.2 Å². The zero-order valence-electron chi connectivity index (χ0n) is 12.2. The molecule has 1 N–H and O–H groups in total. The Balaban J connectivity index is 1.77. The minimum atomic E-state index is -0.128. The lowest BCUT2D eigenvalue weighted by Crippen LogP contribution is -2.58. The summed E-state index contributed by atoms with van der Waals surface area (Å²) in [6, 6.07) is 5.85. The van der Waals surface area contributed by atoms with Crippen LogP contribution in [0.25, 0.3) is 10.4 Å². The fourth-order valence-corrected chi connectivity index (χ4v) is 3.69. The van der Waals surface area contributed by atoms with Crippen LogP contribution in [0.4, 0.5) is 0 Å². The second-order valence-corrected chi connectivity index (χ2v) is 7.07. The predicted octanol–water partition coefficient (Wildman–Crippen LogP) is 2.57. The summed E-state index contributed by atoms with van der Waals surface area (Å²) in [5, 5.41) is 9.26. The van der Waals surface area contributed by atoms with Crippen LogP contribution in [0.15, 0.2) is 30.6 Å².